The third kappa shape index (κ3) is 3.43. The van der Waals surface area contributed by atoms with E-state index >= 15 is 0 Å². The van der Waals surface area contributed by atoms with Crippen LogP contribution in [0.3, 0.4) is 0 Å². The summed E-state index contributed by atoms with van der Waals surface area (Å²) in [6.07, 6.45) is 1.71. The van der Waals surface area contributed by atoms with Crippen LogP contribution in [0.25, 0.3) is 0 Å². The molecule has 0 radical (unpaired) electrons. The molecule has 0 spiro atoms. The van der Waals surface area contributed by atoms with Crippen LogP contribution in [-0.4, -0.2) is 16.2 Å². The van der Waals surface area contributed by atoms with Crippen LogP contribution in [-0.2, 0) is 6.54 Å². The fraction of sp³-hybridized carbons (Fsp3) is 0.273. The number of hydrogen-bond acceptors (Lipinski definition) is 5. The number of aromatic nitrogens is 2. The Kier molecular flexibility index (Phi) is 4.96. The first-order valence-electron chi connectivity index (χ1n) is 5.32. The molecule has 2 rings (SSSR count). The Hall–Kier alpha value is -0.660. The molecule has 1 aromatic heterocycles. The summed E-state index contributed by atoms with van der Waals surface area (Å²) in [6, 6.07) is 4.08. The van der Waals surface area contributed by atoms with Crippen molar-refractivity contribution >= 4 is 48.4 Å². The highest BCUT2D eigenvalue weighted by Crippen LogP contribution is 2.35. The molecule has 1 heterocycles. The number of nitrogens with zero attached hydrogens (tertiary/aromatic N) is 2. The predicted molar refractivity (Wildman–Crippen MR) is 80.2 cm³/mol. The lowest BCUT2D eigenvalue weighted by molar-refractivity contribution is 0.336. The van der Waals surface area contributed by atoms with Crippen LogP contribution in [0.2, 0.25) is 0 Å². The van der Waals surface area contributed by atoms with Gasteiger partial charge in [-0.25, -0.2) is 0 Å². The van der Waals surface area contributed by atoms with Gasteiger partial charge in [-0.05, 0) is 56.5 Å². The number of halogens is 2. The third-order valence-corrected chi connectivity index (χ3v) is 3.98. The van der Waals surface area contributed by atoms with Crippen LogP contribution >= 0.6 is 43.4 Å². The molecule has 0 amide bonds. The second-order valence-electron chi connectivity index (χ2n) is 3.46. The summed E-state index contributed by atoms with van der Waals surface area (Å²) < 4.78 is 11.2. The van der Waals surface area contributed by atoms with E-state index in [1.165, 1.54) is 11.5 Å². The normalized spacial score (nSPS) is 10.4. The Bertz CT molecular complexity index is 496. The summed E-state index contributed by atoms with van der Waals surface area (Å²) in [5.74, 6) is 0.834. The van der Waals surface area contributed by atoms with Gasteiger partial charge in [0.1, 0.15) is 10.8 Å². The SMILES string of the molecule is CCOc1c(Br)cc(CNc2cnns2)cc1Br. The van der Waals surface area contributed by atoms with Crippen LogP contribution in [0.1, 0.15) is 12.5 Å². The van der Waals surface area contributed by atoms with Gasteiger partial charge < -0.3 is 10.1 Å². The van der Waals surface area contributed by atoms with Gasteiger partial charge >= 0.3 is 0 Å². The maximum atomic E-state index is 5.54. The highest BCUT2D eigenvalue weighted by Gasteiger charge is 2.08. The lowest BCUT2D eigenvalue weighted by atomic mass is 10.2. The summed E-state index contributed by atoms with van der Waals surface area (Å²) in [7, 11) is 0. The van der Waals surface area contributed by atoms with Gasteiger partial charge in [0, 0.05) is 18.1 Å². The molecule has 0 aliphatic carbocycles. The van der Waals surface area contributed by atoms with Gasteiger partial charge in [-0.2, -0.15) is 0 Å². The monoisotopic (exact) mass is 391 g/mol. The van der Waals surface area contributed by atoms with E-state index in [-0.39, 0.29) is 0 Å². The van der Waals surface area contributed by atoms with Gasteiger partial charge in [-0.1, -0.05) is 4.49 Å². The largest absolute Gasteiger partial charge is 0.492 e. The van der Waals surface area contributed by atoms with E-state index in [0.29, 0.717) is 13.2 Å². The molecule has 96 valence electrons. The van der Waals surface area contributed by atoms with Crippen molar-refractivity contribution in [1.82, 2.24) is 9.59 Å². The Morgan fingerprint density at radius 1 is 1.33 bits per heavy atom. The van der Waals surface area contributed by atoms with Gasteiger partial charge in [-0.15, -0.1) is 5.10 Å². The van der Waals surface area contributed by atoms with Crippen molar-refractivity contribution in [3.05, 3.63) is 32.8 Å². The van der Waals surface area contributed by atoms with Crippen molar-refractivity contribution in [2.75, 3.05) is 11.9 Å². The molecule has 0 bridgehead atoms. The quantitative estimate of drug-likeness (QED) is 0.832. The summed E-state index contributed by atoms with van der Waals surface area (Å²) >= 11 is 8.37. The number of benzene rings is 1. The van der Waals surface area contributed by atoms with Crippen molar-refractivity contribution in [2.45, 2.75) is 13.5 Å². The van der Waals surface area contributed by atoms with Gasteiger partial charge in [-0.3, -0.25) is 0 Å². The average Bonchev–Trinajstić information content (AvgIpc) is 2.84. The topological polar surface area (TPSA) is 47.0 Å². The zero-order valence-electron chi connectivity index (χ0n) is 9.61. The number of nitrogens with one attached hydrogen (secondary N) is 1. The minimum absolute atomic E-state index is 0.640. The van der Waals surface area contributed by atoms with Gasteiger partial charge in [0.05, 0.1) is 21.7 Å². The Balaban J connectivity index is 2.10. The molecular formula is C11H11Br2N3OS. The van der Waals surface area contributed by atoms with E-state index in [2.05, 4.69) is 46.8 Å². The highest BCUT2D eigenvalue weighted by atomic mass is 79.9. The van der Waals surface area contributed by atoms with Crippen LogP contribution in [0.4, 0.5) is 5.00 Å². The smallest absolute Gasteiger partial charge is 0.147 e. The van der Waals surface area contributed by atoms with E-state index in [0.717, 1.165) is 25.3 Å². The van der Waals surface area contributed by atoms with Crippen molar-refractivity contribution < 1.29 is 4.74 Å². The first kappa shape index (κ1) is 13.8. The molecule has 0 saturated heterocycles. The zero-order valence-corrected chi connectivity index (χ0v) is 13.6. The lowest BCUT2D eigenvalue weighted by Gasteiger charge is -2.11. The Morgan fingerprint density at radius 2 is 2.06 bits per heavy atom. The van der Waals surface area contributed by atoms with E-state index in [1.807, 2.05) is 19.1 Å². The third-order valence-electron chi connectivity index (χ3n) is 2.17. The van der Waals surface area contributed by atoms with Gasteiger partial charge in [0.15, 0.2) is 0 Å². The van der Waals surface area contributed by atoms with Crippen molar-refractivity contribution in [3.8, 4) is 5.75 Å². The summed E-state index contributed by atoms with van der Waals surface area (Å²) in [5, 5.41) is 7.99. The summed E-state index contributed by atoms with van der Waals surface area (Å²) in [6.45, 7) is 3.32. The van der Waals surface area contributed by atoms with E-state index in [9.17, 15) is 0 Å². The maximum Gasteiger partial charge on any atom is 0.147 e. The minimum Gasteiger partial charge on any atom is -0.492 e. The number of anilines is 1. The lowest BCUT2D eigenvalue weighted by Crippen LogP contribution is -2.00. The van der Waals surface area contributed by atoms with Gasteiger partial charge in [0.2, 0.25) is 0 Å². The van der Waals surface area contributed by atoms with Crippen LogP contribution < -0.4 is 10.1 Å². The second-order valence-corrected chi connectivity index (χ2v) is 5.95. The summed E-state index contributed by atoms with van der Waals surface area (Å²) in [5.41, 5.74) is 1.14. The van der Waals surface area contributed by atoms with Crippen LogP contribution in [0.5, 0.6) is 5.75 Å². The fourth-order valence-electron chi connectivity index (χ4n) is 1.43. The molecule has 7 heteroatoms. The van der Waals surface area contributed by atoms with Crippen molar-refractivity contribution in [3.63, 3.8) is 0 Å². The predicted octanol–water partition coefficient (Wildman–Crippen LogP) is 4.07. The fourth-order valence-corrected chi connectivity index (χ4v) is 3.35. The number of ether oxygens (including phenoxy) is 1. The molecule has 0 aliphatic rings. The van der Waals surface area contributed by atoms with E-state index in [4.69, 9.17) is 4.74 Å². The second kappa shape index (κ2) is 6.49. The molecule has 0 fully saturated rings. The molecule has 18 heavy (non-hydrogen) atoms. The average molecular weight is 393 g/mol. The first-order chi connectivity index (χ1) is 8.70. The standard InChI is InChI=1S/C11H11Br2N3OS/c1-2-17-11-8(12)3-7(4-9(11)13)5-14-10-6-15-16-18-10/h3-4,6,14H,2,5H2,1H3. The molecule has 1 aromatic carbocycles. The first-order valence-corrected chi connectivity index (χ1v) is 7.68. The molecule has 0 aliphatic heterocycles. The van der Waals surface area contributed by atoms with Crippen LogP contribution in [0, 0.1) is 0 Å². The molecule has 1 N–H and O–H groups in total. The van der Waals surface area contributed by atoms with E-state index < -0.39 is 0 Å². The van der Waals surface area contributed by atoms with E-state index in [1.54, 1.807) is 6.20 Å². The number of hydrogen-bond donors (Lipinski definition) is 1. The molecule has 4 nitrogen and oxygen atoms in total. The van der Waals surface area contributed by atoms with Crippen molar-refractivity contribution in [1.29, 1.82) is 0 Å². The maximum absolute atomic E-state index is 5.54. The highest BCUT2D eigenvalue weighted by molar-refractivity contribution is 9.11. The van der Waals surface area contributed by atoms with Crippen LogP contribution in [0.15, 0.2) is 27.3 Å². The Morgan fingerprint density at radius 3 is 2.61 bits per heavy atom. The molecule has 0 unspecified atom stereocenters. The molecular weight excluding hydrogens is 382 g/mol. The van der Waals surface area contributed by atoms with Gasteiger partial charge in [0.25, 0.3) is 0 Å². The minimum atomic E-state index is 0.640. The molecule has 0 atom stereocenters. The Labute approximate surface area is 126 Å². The molecule has 0 saturated carbocycles. The number of rotatable bonds is 5. The zero-order chi connectivity index (χ0) is 13.0. The summed E-state index contributed by atoms with van der Waals surface area (Å²) in [4.78, 5) is 0. The van der Waals surface area contributed by atoms with Crippen molar-refractivity contribution in [2.24, 2.45) is 0 Å². The molecule has 2 aromatic rings.